The molecule has 0 saturated carbocycles. The first kappa shape index (κ1) is 15.6. The van der Waals surface area contributed by atoms with Crippen LogP contribution in [0.25, 0.3) is 0 Å². The molecule has 0 fully saturated rings. The second kappa shape index (κ2) is 5.92. The topological polar surface area (TPSA) is 58.6 Å². The highest BCUT2D eigenvalue weighted by Crippen LogP contribution is 2.32. The lowest BCUT2D eigenvalue weighted by molar-refractivity contribution is 0.0501. The van der Waals surface area contributed by atoms with Crippen LogP contribution < -0.4 is 5.32 Å². The Labute approximate surface area is 124 Å². The van der Waals surface area contributed by atoms with Crippen molar-refractivity contribution in [3.05, 3.63) is 29.1 Å². The Kier molecular flexibility index (Phi) is 4.40. The van der Waals surface area contributed by atoms with E-state index in [4.69, 9.17) is 4.74 Å². The van der Waals surface area contributed by atoms with Gasteiger partial charge in [0.1, 0.15) is 5.60 Å². The maximum Gasteiger partial charge on any atom is 0.408 e. The van der Waals surface area contributed by atoms with Crippen molar-refractivity contribution in [3.8, 4) is 5.75 Å². The molecule has 1 aromatic rings. The number of phenols is 1. The third-order valence-corrected chi connectivity index (χ3v) is 3.46. The number of halogens is 1. The Hall–Kier alpha value is -1.78. The molecule has 0 bridgehead atoms. The van der Waals surface area contributed by atoms with Gasteiger partial charge in [0, 0.05) is 0 Å². The molecular weight excluding hydrogens is 273 g/mol. The van der Waals surface area contributed by atoms with Crippen LogP contribution in [0.1, 0.15) is 57.2 Å². The van der Waals surface area contributed by atoms with Crippen molar-refractivity contribution in [1.82, 2.24) is 5.32 Å². The number of benzene rings is 1. The molecule has 1 atom stereocenters. The van der Waals surface area contributed by atoms with Gasteiger partial charge in [-0.3, -0.25) is 0 Å². The molecule has 0 saturated heterocycles. The predicted octanol–water partition coefficient (Wildman–Crippen LogP) is 3.82. The molecule has 0 aliphatic heterocycles. The molecule has 0 radical (unpaired) electrons. The SMILES string of the molecule is CC(C)(C)OC(=O)N[C@@H]1CCCCc2cc(O)c(F)cc21. The smallest absolute Gasteiger partial charge is 0.408 e. The highest BCUT2D eigenvalue weighted by atomic mass is 19.1. The number of carbonyl (C=O) groups is 1. The van der Waals surface area contributed by atoms with E-state index in [0.717, 1.165) is 36.8 Å². The van der Waals surface area contributed by atoms with Crippen molar-refractivity contribution in [2.24, 2.45) is 0 Å². The molecule has 2 N–H and O–H groups in total. The maximum atomic E-state index is 13.6. The number of hydrogen-bond acceptors (Lipinski definition) is 3. The highest BCUT2D eigenvalue weighted by molar-refractivity contribution is 5.68. The molecular formula is C16H22FNO3. The molecule has 2 rings (SSSR count). The first-order valence-electron chi connectivity index (χ1n) is 7.27. The van der Waals surface area contributed by atoms with Crippen molar-refractivity contribution in [1.29, 1.82) is 0 Å². The van der Waals surface area contributed by atoms with Gasteiger partial charge in [0.25, 0.3) is 0 Å². The van der Waals surface area contributed by atoms with E-state index in [1.54, 1.807) is 20.8 Å². The number of carbonyl (C=O) groups excluding carboxylic acids is 1. The minimum Gasteiger partial charge on any atom is -0.505 e. The molecule has 0 unspecified atom stereocenters. The fraction of sp³-hybridized carbons (Fsp3) is 0.562. The Morgan fingerprint density at radius 3 is 2.76 bits per heavy atom. The zero-order valence-corrected chi connectivity index (χ0v) is 12.7. The Balaban J connectivity index is 2.21. The largest absolute Gasteiger partial charge is 0.505 e. The number of ether oxygens (including phenoxy) is 1. The van der Waals surface area contributed by atoms with Gasteiger partial charge >= 0.3 is 6.09 Å². The summed E-state index contributed by atoms with van der Waals surface area (Å²) in [7, 11) is 0. The summed E-state index contributed by atoms with van der Waals surface area (Å²) in [5.74, 6) is -1.00. The molecule has 21 heavy (non-hydrogen) atoms. The number of amides is 1. The number of phenolic OH excluding ortho intramolecular Hbond substituents is 1. The van der Waals surface area contributed by atoms with E-state index in [2.05, 4.69) is 5.32 Å². The molecule has 4 nitrogen and oxygen atoms in total. The van der Waals surface area contributed by atoms with Gasteiger partial charge in [0.2, 0.25) is 0 Å². The van der Waals surface area contributed by atoms with Gasteiger partial charge < -0.3 is 15.2 Å². The molecule has 0 heterocycles. The van der Waals surface area contributed by atoms with Gasteiger partial charge in [-0.15, -0.1) is 0 Å². The average molecular weight is 295 g/mol. The lowest BCUT2D eigenvalue weighted by atomic mass is 9.98. The molecule has 1 amide bonds. The number of alkyl carbamates (subject to hydrolysis) is 1. The van der Waals surface area contributed by atoms with Gasteiger partial charge in [0.05, 0.1) is 6.04 Å². The van der Waals surface area contributed by atoms with Crippen LogP contribution in [0, 0.1) is 5.82 Å². The number of aromatic hydroxyl groups is 1. The fourth-order valence-electron chi connectivity index (χ4n) is 2.58. The predicted molar refractivity (Wildman–Crippen MR) is 77.7 cm³/mol. The van der Waals surface area contributed by atoms with E-state index >= 15 is 0 Å². The maximum absolute atomic E-state index is 13.6. The lowest BCUT2D eigenvalue weighted by Gasteiger charge is -2.24. The zero-order chi connectivity index (χ0) is 15.6. The molecule has 1 aromatic carbocycles. The molecule has 5 heteroatoms. The number of hydrogen-bond donors (Lipinski definition) is 2. The third-order valence-electron chi connectivity index (χ3n) is 3.46. The first-order chi connectivity index (χ1) is 9.76. The van der Waals surface area contributed by atoms with Crippen LogP contribution in [0.4, 0.5) is 9.18 Å². The summed E-state index contributed by atoms with van der Waals surface area (Å²) in [6.45, 7) is 5.39. The molecule has 1 aliphatic rings. The summed E-state index contributed by atoms with van der Waals surface area (Å²) in [6, 6.07) is 2.49. The van der Waals surface area contributed by atoms with Crippen LogP contribution in [-0.4, -0.2) is 16.8 Å². The van der Waals surface area contributed by atoms with Gasteiger partial charge in [-0.2, -0.15) is 0 Å². The van der Waals surface area contributed by atoms with E-state index in [-0.39, 0.29) is 11.8 Å². The van der Waals surface area contributed by atoms with Gasteiger partial charge in [-0.1, -0.05) is 6.42 Å². The highest BCUT2D eigenvalue weighted by Gasteiger charge is 2.24. The number of rotatable bonds is 1. The standard InChI is InChI=1S/C16H22FNO3/c1-16(2,3)21-15(20)18-13-7-5-4-6-10-8-14(19)12(17)9-11(10)13/h8-9,13,19H,4-7H2,1-3H3,(H,18,20)/t13-/m1/s1. The summed E-state index contributed by atoms with van der Waals surface area (Å²) in [6.07, 6.45) is 2.88. The third kappa shape index (κ3) is 4.09. The van der Waals surface area contributed by atoms with E-state index in [1.807, 2.05) is 0 Å². The second-order valence-electron chi connectivity index (χ2n) is 6.45. The Morgan fingerprint density at radius 1 is 1.38 bits per heavy atom. The Bertz CT molecular complexity index is 537. The van der Waals surface area contributed by atoms with E-state index in [1.165, 1.54) is 12.1 Å². The normalized spacial score (nSPS) is 18.6. The lowest BCUT2D eigenvalue weighted by Crippen LogP contribution is -2.35. The van der Waals surface area contributed by atoms with Gasteiger partial charge in [-0.25, -0.2) is 9.18 Å². The minimum atomic E-state index is -0.661. The van der Waals surface area contributed by atoms with Crippen LogP contribution >= 0.6 is 0 Å². The van der Waals surface area contributed by atoms with E-state index in [9.17, 15) is 14.3 Å². The zero-order valence-electron chi connectivity index (χ0n) is 12.7. The average Bonchev–Trinajstić information content (AvgIpc) is 2.51. The van der Waals surface area contributed by atoms with Crippen LogP contribution in [-0.2, 0) is 11.2 Å². The van der Waals surface area contributed by atoms with Crippen LogP contribution in [0.2, 0.25) is 0 Å². The van der Waals surface area contributed by atoms with E-state index < -0.39 is 17.5 Å². The number of aryl methyl sites for hydroxylation is 1. The molecule has 116 valence electrons. The van der Waals surface area contributed by atoms with Crippen molar-refractivity contribution in [3.63, 3.8) is 0 Å². The summed E-state index contributed by atoms with van der Waals surface area (Å²) in [4.78, 5) is 11.9. The summed E-state index contributed by atoms with van der Waals surface area (Å²) >= 11 is 0. The summed E-state index contributed by atoms with van der Waals surface area (Å²) in [5.41, 5.74) is 1.04. The molecule has 1 aliphatic carbocycles. The van der Waals surface area contributed by atoms with Crippen molar-refractivity contribution < 1.29 is 19.0 Å². The van der Waals surface area contributed by atoms with Crippen LogP contribution in [0.5, 0.6) is 5.75 Å². The quantitative estimate of drug-likeness (QED) is 0.774. The fourth-order valence-corrected chi connectivity index (χ4v) is 2.58. The van der Waals surface area contributed by atoms with Crippen LogP contribution in [0.15, 0.2) is 12.1 Å². The second-order valence-corrected chi connectivity index (χ2v) is 6.45. The van der Waals surface area contributed by atoms with Gasteiger partial charge in [-0.05, 0) is 63.3 Å². The Morgan fingerprint density at radius 2 is 2.10 bits per heavy atom. The number of fused-ring (bicyclic) bond motifs is 1. The molecule has 0 aromatic heterocycles. The van der Waals surface area contributed by atoms with Crippen molar-refractivity contribution >= 4 is 6.09 Å². The van der Waals surface area contributed by atoms with E-state index in [0.29, 0.717) is 0 Å². The van der Waals surface area contributed by atoms with Crippen molar-refractivity contribution in [2.75, 3.05) is 0 Å². The van der Waals surface area contributed by atoms with Gasteiger partial charge in [0.15, 0.2) is 11.6 Å². The number of nitrogens with one attached hydrogen (secondary N) is 1. The summed E-state index contributed by atoms with van der Waals surface area (Å²) < 4.78 is 18.9. The monoisotopic (exact) mass is 295 g/mol. The van der Waals surface area contributed by atoms with Crippen LogP contribution in [0.3, 0.4) is 0 Å². The first-order valence-corrected chi connectivity index (χ1v) is 7.27. The minimum absolute atomic E-state index is 0.285. The summed E-state index contributed by atoms with van der Waals surface area (Å²) in [5, 5.41) is 12.3. The molecule has 0 spiro atoms. The van der Waals surface area contributed by atoms with Crippen molar-refractivity contribution in [2.45, 2.75) is 58.1 Å².